The zero-order chi connectivity index (χ0) is 19.2. The van der Waals surface area contributed by atoms with Gasteiger partial charge in [-0.25, -0.2) is 4.39 Å². The van der Waals surface area contributed by atoms with E-state index in [1.165, 1.54) is 17.7 Å². The van der Waals surface area contributed by atoms with Gasteiger partial charge in [0.25, 0.3) is 5.91 Å². The topological polar surface area (TPSA) is 40.6 Å². The van der Waals surface area contributed by atoms with Crippen molar-refractivity contribution < 1.29 is 14.0 Å². The number of halogens is 1. The number of rotatable bonds is 4. The van der Waals surface area contributed by atoms with Gasteiger partial charge in [0.05, 0.1) is 5.56 Å². The first-order chi connectivity index (χ1) is 13.0. The highest BCUT2D eigenvalue weighted by atomic mass is 19.1. The van der Waals surface area contributed by atoms with Crippen LogP contribution in [0.1, 0.15) is 34.3 Å². The van der Waals surface area contributed by atoms with E-state index in [0.29, 0.717) is 39.0 Å². The van der Waals surface area contributed by atoms with Gasteiger partial charge in [-0.05, 0) is 37.5 Å². The summed E-state index contributed by atoms with van der Waals surface area (Å²) < 4.78 is 13.9. The van der Waals surface area contributed by atoms with Crippen molar-refractivity contribution in [3.63, 3.8) is 0 Å². The lowest BCUT2D eigenvalue weighted by Crippen LogP contribution is -2.37. The van der Waals surface area contributed by atoms with Crippen LogP contribution in [0.4, 0.5) is 4.39 Å². The van der Waals surface area contributed by atoms with E-state index < -0.39 is 5.82 Å². The van der Waals surface area contributed by atoms with Crippen LogP contribution in [0.15, 0.2) is 48.5 Å². The van der Waals surface area contributed by atoms with E-state index >= 15 is 0 Å². The maximum atomic E-state index is 13.9. The molecule has 0 saturated carbocycles. The van der Waals surface area contributed by atoms with Crippen molar-refractivity contribution in [3.05, 3.63) is 71.0 Å². The molecule has 1 fully saturated rings. The van der Waals surface area contributed by atoms with Crippen LogP contribution in [0.25, 0.3) is 0 Å². The first-order valence-corrected chi connectivity index (χ1v) is 9.42. The molecular formula is C22H25FN2O2. The number of aryl methyl sites for hydroxylation is 2. The van der Waals surface area contributed by atoms with Crippen LogP contribution in [-0.2, 0) is 11.2 Å². The van der Waals surface area contributed by atoms with Gasteiger partial charge in [0.2, 0.25) is 5.91 Å². The van der Waals surface area contributed by atoms with E-state index in [9.17, 15) is 14.0 Å². The fourth-order valence-electron chi connectivity index (χ4n) is 3.45. The molecular weight excluding hydrogens is 343 g/mol. The normalized spacial score (nSPS) is 14.7. The monoisotopic (exact) mass is 368 g/mol. The molecule has 0 unspecified atom stereocenters. The summed E-state index contributed by atoms with van der Waals surface area (Å²) in [6, 6.07) is 14.2. The van der Waals surface area contributed by atoms with E-state index in [4.69, 9.17) is 0 Å². The Bertz CT molecular complexity index is 821. The minimum absolute atomic E-state index is 0.0942. The quantitative estimate of drug-likeness (QED) is 0.829. The average Bonchev–Trinajstić information content (AvgIpc) is 2.92. The van der Waals surface area contributed by atoms with Gasteiger partial charge in [-0.3, -0.25) is 9.59 Å². The molecule has 1 heterocycles. The predicted molar refractivity (Wildman–Crippen MR) is 103 cm³/mol. The molecule has 0 spiro atoms. The van der Waals surface area contributed by atoms with E-state index in [0.717, 1.165) is 12.0 Å². The minimum atomic E-state index is -0.502. The molecule has 0 bridgehead atoms. The molecule has 2 amide bonds. The van der Waals surface area contributed by atoms with E-state index in [-0.39, 0.29) is 17.4 Å². The van der Waals surface area contributed by atoms with Gasteiger partial charge in [0, 0.05) is 32.6 Å². The number of hydrogen-bond acceptors (Lipinski definition) is 2. The molecule has 5 heteroatoms. The summed E-state index contributed by atoms with van der Waals surface area (Å²) in [7, 11) is 0. The summed E-state index contributed by atoms with van der Waals surface area (Å²) in [5.74, 6) is -0.698. The molecule has 0 aromatic heterocycles. The average molecular weight is 368 g/mol. The molecule has 0 radical (unpaired) electrons. The molecule has 1 aliphatic rings. The molecule has 1 aliphatic heterocycles. The Kier molecular flexibility index (Phi) is 6.22. The van der Waals surface area contributed by atoms with Gasteiger partial charge in [-0.2, -0.15) is 0 Å². The van der Waals surface area contributed by atoms with Gasteiger partial charge < -0.3 is 9.80 Å². The molecule has 4 nitrogen and oxygen atoms in total. The lowest BCUT2D eigenvalue weighted by molar-refractivity contribution is -0.131. The van der Waals surface area contributed by atoms with Crippen molar-refractivity contribution in [2.75, 3.05) is 26.2 Å². The van der Waals surface area contributed by atoms with Crippen molar-refractivity contribution in [1.82, 2.24) is 9.80 Å². The van der Waals surface area contributed by atoms with Crippen molar-refractivity contribution >= 4 is 11.8 Å². The summed E-state index contributed by atoms with van der Waals surface area (Å²) in [5, 5.41) is 0. The maximum absolute atomic E-state index is 13.9. The second-order valence-corrected chi connectivity index (χ2v) is 7.00. The second-order valence-electron chi connectivity index (χ2n) is 7.00. The molecule has 0 N–H and O–H groups in total. The highest BCUT2D eigenvalue weighted by molar-refractivity contribution is 5.94. The summed E-state index contributed by atoms with van der Waals surface area (Å²) in [6.07, 6.45) is 1.88. The number of carbonyl (C=O) groups excluding carboxylic acids is 2. The Labute approximate surface area is 159 Å². The Morgan fingerprint density at radius 2 is 1.70 bits per heavy atom. The standard InChI is InChI=1S/C22H25FN2O2/c1-17-6-4-7-18(16-17)10-11-21(26)24-12-5-13-25(15-14-24)22(27)19-8-2-3-9-20(19)23/h2-4,6-9,16H,5,10-15H2,1H3. The highest BCUT2D eigenvalue weighted by Crippen LogP contribution is 2.14. The smallest absolute Gasteiger partial charge is 0.256 e. The Balaban J connectivity index is 1.55. The van der Waals surface area contributed by atoms with Crippen LogP contribution in [0.3, 0.4) is 0 Å². The number of carbonyl (C=O) groups is 2. The van der Waals surface area contributed by atoms with Crippen LogP contribution in [0, 0.1) is 12.7 Å². The zero-order valence-corrected chi connectivity index (χ0v) is 15.7. The lowest BCUT2D eigenvalue weighted by atomic mass is 10.1. The lowest BCUT2D eigenvalue weighted by Gasteiger charge is -2.22. The maximum Gasteiger partial charge on any atom is 0.256 e. The van der Waals surface area contributed by atoms with Crippen molar-refractivity contribution in [2.45, 2.75) is 26.2 Å². The van der Waals surface area contributed by atoms with Crippen LogP contribution in [0.5, 0.6) is 0 Å². The highest BCUT2D eigenvalue weighted by Gasteiger charge is 2.24. The predicted octanol–water partition coefficient (Wildman–Crippen LogP) is 3.44. The Morgan fingerprint density at radius 1 is 0.963 bits per heavy atom. The first kappa shape index (κ1) is 19.1. The van der Waals surface area contributed by atoms with Gasteiger partial charge in [0.1, 0.15) is 5.82 Å². The van der Waals surface area contributed by atoms with Gasteiger partial charge in [-0.15, -0.1) is 0 Å². The van der Waals surface area contributed by atoms with E-state index in [1.54, 1.807) is 17.0 Å². The fraction of sp³-hybridized carbons (Fsp3) is 0.364. The zero-order valence-electron chi connectivity index (χ0n) is 15.7. The summed E-state index contributed by atoms with van der Waals surface area (Å²) in [5.41, 5.74) is 2.45. The van der Waals surface area contributed by atoms with E-state index in [2.05, 4.69) is 6.07 Å². The number of benzene rings is 2. The van der Waals surface area contributed by atoms with Crippen LogP contribution < -0.4 is 0 Å². The van der Waals surface area contributed by atoms with Gasteiger partial charge in [-0.1, -0.05) is 42.0 Å². The van der Waals surface area contributed by atoms with E-state index in [1.807, 2.05) is 30.0 Å². The summed E-state index contributed by atoms with van der Waals surface area (Å²) in [6.45, 7) is 4.14. The van der Waals surface area contributed by atoms with Crippen LogP contribution in [-0.4, -0.2) is 47.8 Å². The molecule has 2 aromatic carbocycles. The minimum Gasteiger partial charge on any atom is -0.341 e. The largest absolute Gasteiger partial charge is 0.341 e. The Morgan fingerprint density at radius 3 is 2.48 bits per heavy atom. The summed E-state index contributed by atoms with van der Waals surface area (Å²) >= 11 is 0. The van der Waals surface area contributed by atoms with Gasteiger partial charge >= 0.3 is 0 Å². The first-order valence-electron chi connectivity index (χ1n) is 9.42. The molecule has 0 atom stereocenters. The summed E-state index contributed by atoms with van der Waals surface area (Å²) in [4.78, 5) is 28.6. The van der Waals surface area contributed by atoms with Crippen molar-refractivity contribution in [1.29, 1.82) is 0 Å². The third kappa shape index (κ3) is 4.94. The fourth-order valence-corrected chi connectivity index (χ4v) is 3.45. The second kappa shape index (κ2) is 8.80. The molecule has 1 saturated heterocycles. The number of nitrogens with zero attached hydrogens (tertiary/aromatic N) is 2. The molecule has 2 aromatic rings. The molecule has 27 heavy (non-hydrogen) atoms. The molecule has 3 rings (SSSR count). The van der Waals surface area contributed by atoms with Crippen LogP contribution >= 0.6 is 0 Å². The third-order valence-electron chi connectivity index (χ3n) is 4.95. The van der Waals surface area contributed by atoms with Gasteiger partial charge in [0.15, 0.2) is 0 Å². The molecule has 0 aliphatic carbocycles. The Hall–Kier alpha value is -2.69. The molecule has 142 valence electrons. The van der Waals surface area contributed by atoms with Crippen LogP contribution in [0.2, 0.25) is 0 Å². The van der Waals surface area contributed by atoms with Crippen molar-refractivity contribution in [2.24, 2.45) is 0 Å². The number of amides is 2. The third-order valence-corrected chi connectivity index (χ3v) is 4.95. The number of hydrogen-bond donors (Lipinski definition) is 0. The van der Waals surface area contributed by atoms with Crippen molar-refractivity contribution in [3.8, 4) is 0 Å². The SMILES string of the molecule is Cc1cccc(CCC(=O)N2CCCN(C(=O)c3ccccc3F)CC2)c1.